The van der Waals surface area contributed by atoms with E-state index in [1.54, 1.807) is 0 Å². The van der Waals surface area contributed by atoms with Gasteiger partial charge in [-0.05, 0) is 19.4 Å². The summed E-state index contributed by atoms with van der Waals surface area (Å²) in [5.41, 5.74) is 3.18. The Balaban J connectivity index is 1.79. The smallest absolute Gasteiger partial charge is 0.0739 e. The van der Waals surface area contributed by atoms with Gasteiger partial charge in [-0.2, -0.15) is 5.48 Å². The normalized spacial score (nSPS) is 47.5. The first-order valence-electron chi connectivity index (χ1n) is 5.06. The van der Waals surface area contributed by atoms with Crippen molar-refractivity contribution in [2.45, 2.75) is 31.3 Å². The molecule has 3 aliphatic rings. The molecule has 0 aromatic rings. The average Bonchev–Trinajstić information content (AvgIpc) is 2.62. The Morgan fingerprint density at radius 2 is 2.33 bits per heavy atom. The molecule has 3 rings (SSSR count). The van der Waals surface area contributed by atoms with E-state index in [1.807, 2.05) is 0 Å². The van der Waals surface area contributed by atoms with Crippen molar-refractivity contribution >= 4 is 0 Å². The molecule has 0 saturated carbocycles. The van der Waals surface area contributed by atoms with Crippen molar-refractivity contribution < 1.29 is 4.84 Å². The fourth-order valence-electron chi connectivity index (χ4n) is 2.96. The highest BCUT2D eigenvalue weighted by molar-refractivity contribution is 4.99. The highest BCUT2D eigenvalue weighted by Crippen LogP contribution is 2.33. The van der Waals surface area contributed by atoms with Gasteiger partial charge in [-0.1, -0.05) is 6.42 Å². The molecule has 0 aromatic carbocycles. The van der Waals surface area contributed by atoms with Gasteiger partial charge in [0.25, 0.3) is 0 Å². The Morgan fingerprint density at radius 3 is 3.33 bits per heavy atom. The summed E-state index contributed by atoms with van der Waals surface area (Å²) in [5.74, 6) is 0.771. The van der Waals surface area contributed by atoms with E-state index in [-0.39, 0.29) is 0 Å². The lowest BCUT2D eigenvalue weighted by molar-refractivity contribution is 0.0493. The molecule has 3 fully saturated rings. The molecule has 68 valence electrons. The van der Waals surface area contributed by atoms with Gasteiger partial charge < -0.3 is 4.84 Å². The molecule has 3 aliphatic heterocycles. The van der Waals surface area contributed by atoms with Crippen LogP contribution in [0, 0.1) is 5.92 Å². The van der Waals surface area contributed by atoms with Crippen molar-refractivity contribution in [2.24, 2.45) is 5.92 Å². The van der Waals surface area contributed by atoms with Gasteiger partial charge >= 0.3 is 0 Å². The second kappa shape index (κ2) is 2.69. The van der Waals surface area contributed by atoms with Crippen LogP contribution in [0.1, 0.15) is 19.3 Å². The van der Waals surface area contributed by atoms with E-state index in [0.717, 1.165) is 18.6 Å². The number of nitrogens with zero attached hydrogens (tertiary/aromatic N) is 1. The van der Waals surface area contributed by atoms with Crippen LogP contribution in [0.4, 0.5) is 0 Å². The minimum absolute atomic E-state index is 0.644. The van der Waals surface area contributed by atoms with E-state index >= 15 is 0 Å². The summed E-state index contributed by atoms with van der Waals surface area (Å²) in [6.07, 6.45) is 4.18. The van der Waals surface area contributed by atoms with Gasteiger partial charge in [0.05, 0.1) is 12.6 Å². The minimum Gasteiger partial charge on any atom is -0.301 e. The van der Waals surface area contributed by atoms with Gasteiger partial charge in [-0.25, -0.2) is 0 Å². The highest BCUT2D eigenvalue weighted by Gasteiger charge is 2.45. The summed E-state index contributed by atoms with van der Waals surface area (Å²) in [7, 11) is 0. The van der Waals surface area contributed by atoms with Gasteiger partial charge in [0.15, 0.2) is 0 Å². The zero-order valence-electron chi connectivity index (χ0n) is 7.33. The van der Waals surface area contributed by atoms with Crippen LogP contribution in [0.3, 0.4) is 0 Å². The zero-order valence-corrected chi connectivity index (χ0v) is 7.33. The van der Waals surface area contributed by atoms with Crippen LogP contribution >= 0.6 is 0 Å². The maximum atomic E-state index is 5.28. The van der Waals surface area contributed by atoms with E-state index < -0.39 is 0 Å². The molecule has 3 heterocycles. The van der Waals surface area contributed by atoms with Crippen LogP contribution in [0.2, 0.25) is 0 Å². The van der Waals surface area contributed by atoms with Crippen LogP contribution in [0.5, 0.6) is 0 Å². The third kappa shape index (κ3) is 0.934. The molecular weight excluding hydrogens is 152 g/mol. The van der Waals surface area contributed by atoms with Crippen molar-refractivity contribution in [3.63, 3.8) is 0 Å². The molecule has 0 radical (unpaired) electrons. The number of hydrogen-bond acceptors (Lipinski definition) is 3. The number of fused-ring (bicyclic) bond motifs is 3. The summed E-state index contributed by atoms with van der Waals surface area (Å²) < 4.78 is 0. The van der Waals surface area contributed by atoms with Gasteiger partial charge in [-0.15, -0.1) is 0 Å². The summed E-state index contributed by atoms with van der Waals surface area (Å²) in [5, 5.41) is 0. The molecule has 0 aromatic heterocycles. The first kappa shape index (κ1) is 7.30. The van der Waals surface area contributed by atoms with E-state index in [1.165, 1.54) is 32.4 Å². The largest absolute Gasteiger partial charge is 0.301 e. The first-order chi connectivity index (χ1) is 5.95. The van der Waals surface area contributed by atoms with Gasteiger partial charge in [-0.3, -0.25) is 4.90 Å². The van der Waals surface area contributed by atoms with Crippen molar-refractivity contribution in [1.82, 2.24) is 10.4 Å². The van der Waals surface area contributed by atoms with E-state index in [2.05, 4.69) is 10.4 Å². The van der Waals surface area contributed by atoms with Crippen molar-refractivity contribution in [3.8, 4) is 0 Å². The summed E-state index contributed by atoms with van der Waals surface area (Å²) in [6.45, 7) is 3.51. The SMILES string of the molecule is C1CCN2C[C@H]3CON[C@@H]3[C@@H]2C1. The quantitative estimate of drug-likeness (QED) is 0.565. The van der Waals surface area contributed by atoms with Crippen LogP contribution in [0.15, 0.2) is 0 Å². The van der Waals surface area contributed by atoms with Gasteiger partial charge in [0, 0.05) is 18.5 Å². The van der Waals surface area contributed by atoms with Crippen LogP contribution in [-0.2, 0) is 4.84 Å². The number of hydrogen-bond donors (Lipinski definition) is 1. The third-order valence-corrected chi connectivity index (χ3v) is 3.57. The van der Waals surface area contributed by atoms with Crippen molar-refractivity contribution in [1.29, 1.82) is 0 Å². The molecule has 1 N–H and O–H groups in total. The second-order valence-corrected chi connectivity index (χ2v) is 4.27. The lowest BCUT2D eigenvalue weighted by Crippen LogP contribution is -2.43. The molecule has 0 unspecified atom stereocenters. The Bertz CT molecular complexity index is 185. The maximum Gasteiger partial charge on any atom is 0.0739 e. The molecule has 3 atom stereocenters. The van der Waals surface area contributed by atoms with Crippen LogP contribution in [0.25, 0.3) is 0 Å². The lowest BCUT2D eigenvalue weighted by atomic mass is 9.96. The molecular formula is C9H16N2O. The zero-order chi connectivity index (χ0) is 7.97. The molecule has 3 heteroatoms. The molecule has 0 bridgehead atoms. The molecule has 12 heavy (non-hydrogen) atoms. The minimum atomic E-state index is 0.644. The van der Waals surface area contributed by atoms with Crippen LogP contribution in [-0.4, -0.2) is 36.7 Å². The molecule has 0 spiro atoms. The van der Waals surface area contributed by atoms with Gasteiger partial charge in [0.2, 0.25) is 0 Å². The summed E-state index contributed by atoms with van der Waals surface area (Å²) >= 11 is 0. The van der Waals surface area contributed by atoms with E-state index in [0.29, 0.717) is 6.04 Å². The van der Waals surface area contributed by atoms with Crippen molar-refractivity contribution in [3.05, 3.63) is 0 Å². The summed E-state index contributed by atoms with van der Waals surface area (Å²) in [4.78, 5) is 7.93. The molecule has 0 aliphatic carbocycles. The molecule has 0 amide bonds. The van der Waals surface area contributed by atoms with E-state index in [4.69, 9.17) is 4.84 Å². The highest BCUT2D eigenvalue weighted by atomic mass is 16.7. The number of rotatable bonds is 0. The Hall–Kier alpha value is -0.120. The fourth-order valence-corrected chi connectivity index (χ4v) is 2.96. The maximum absolute atomic E-state index is 5.28. The Morgan fingerprint density at radius 1 is 1.33 bits per heavy atom. The predicted octanol–water partition coefficient (Wildman–Crippen LogP) is 0.374. The standard InChI is InChI=1S/C9H16N2O/c1-2-4-11-5-7-6-12-10-9(7)8(11)3-1/h7-10H,1-6H2/t7-,8-,9-/m0/s1. The topological polar surface area (TPSA) is 24.5 Å². The molecule has 3 nitrogen and oxygen atoms in total. The monoisotopic (exact) mass is 168 g/mol. The van der Waals surface area contributed by atoms with E-state index in [9.17, 15) is 0 Å². The average molecular weight is 168 g/mol. The summed E-state index contributed by atoms with van der Waals surface area (Å²) in [6, 6.07) is 1.43. The Labute approximate surface area is 73.0 Å². The second-order valence-electron chi connectivity index (χ2n) is 4.27. The molecule has 3 saturated heterocycles. The predicted molar refractivity (Wildman–Crippen MR) is 45.6 cm³/mol. The van der Waals surface area contributed by atoms with Gasteiger partial charge in [0.1, 0.15) is 0 Å². The number of nitrogens with one attached hydrogen (secondary N) is 1. The third-order valence-electron chi connectivity index (χ3n) is 3.57. The van der Waals surface area contributed by atoms with Crippen LogP contribution < -0.4 is 5.48 Å². The lowest BCUT2D eigenvalue weighted by Gasteiger charge is -2.31. The van der Waals surface area contributed by atoms with Crippen molar-refractivity contribution in [2.75, 3.05) is 19.7 Å². The Kier molecular flexibility index (Phi) is 1.63. The first-order valence-corrected chi connectivity index (χ1v) is 5.06. The number of hydroxylamine groups is 1. The fraction of sp³-hybridized carbons (Fsp3) is 1.00. The number of piperidine rings is 1.